The number of nitrogens with zero attached hydrogens (tertiary/aromatic N) is 2. The Morgan fingerprint density at radius 1 is 1.29 bits per heavy atom. The van der Waals surface area contributed by atoms with Crippen LogP contribution in [0.3, 0.4) is 0 Å². The van der Waals surface area contributed by atoms with Crippen LogP contribution in [0.4, 0.5) is 19.4 Å². The summed E-state index contributed by atoms with van der Waals surface area (Å²) in [6, 6.07) is 9.93. The first-order valence-corrected chi connectivity index (χ1v) is 6.22. The van der Waals surface area contributed by atoms with Crippen LogP contribution in [-0.4, -0.2) is 16.1 Å². The van der Waals surface area contributed by atoms with E-state index in [0.717, 1.165) is 11.6 Å². The van der Waals surface area contributed by atoms with Crippen molar-refractivity contribution < 1.29 is 18.3 Å². The molecule has 0 unspecified atom stereocenters. The van der Waals surface area contributed by atoms with Crippen LogP contribution in [0.5, 0.6) is 0 Å². The van der Waals surface area contributed by atoms with Crippen LogP contribution in [-0.2, 0) is 11.3 Å². The van der Waals surface area contributed by atoms with Gasteiger partial charge >= 0.3 is 6.09 Å². The molecule has 1 amide bonds. The molecule has 2 rings (SSSR count). The van der Waals surface area contributed by atoms with E-state index in [0.29, 0.717) is 0 Å². The summed E-state index contributed by atoms with van der Waals surface area (Å²) in [7, 11) is 0. The van der Waals surface area contributed by atoms with Gasteiger partial charge in [-0.3, -0.25) is 5.32 Å². The van der Waals surface area contributed by atoms with Crippen molar-refractivity contribution >= 4 is 23.5 Å². The van der Waals surface area contributed by atoms with Crippen molar-refractivity contribution in [2.75, 3.05) is 5.32 Å². The van der Waals surface area contributed by atoms with Crippen LogP contribution in [0.25, 0.3) is 0 Å². The Hall–Kier alpha value is -2.28. The average Bonchev–Trinajstić information content (AvgIpc) is 2.45. The Morgan fingerprint density at radius 3 is 2.67 bits per heavy atom. The van der Waals surface area contributed by atoms with E-state index in [4.69, 9.17) is 16.3 Å². The van der Waals surface area contributed by atoms with Gasteiger partial charge in [0.15, 0.2) is 0 Å². The summed E-state index contributed by atoms with van der Waals surface area (Å²) in [6.45, 7) is 0.0488. The molecule has 0 saturated carbocycles. The quantitative estimate of drug-likeness (QED) is 0.872. The molecule has 1 N–H and O–H groups in total. The van der Waals surface area contributed by atoms with E-state index in [9.17, 15) is 13.6 Å². The molecule has 0 aliphatic heterocycles. The molecule has 1 heterocycles. The molecule has 2 aromatic rings. The number of anilines is 1. The number of halogens is 3. The van der Waals surface area contributed by atoms with Crippen molar-refractivity contribution in [1.82, 2.24) is 9.97 Å². The minimum absolute atomic E-state index is 0.0488. The van der Waals surface area contributed by atoms with Crippen LogP contribution in [0.15, 0.2) is 36.4 Å². The molecule has 0 radical (unpaired) electrons. The molecule has 0 aliphatic rings. The highest BCUT2D eigenvalue weighted by Crippen LogP contribution is 2.20. The lowest BCUT2D eigenvalue weighted by atomic mass is 10.2. The van der Waals surface area contributed by atoms with Crippen molar-refractivity contribution in [3.8, 4) is 0 Å². The summed E-state index contributed by atoms with van der Waals surface area (Å²) in [4.78, 5) is 18.5. The summed E-state index contributed by atoms with van der Waals surface area (Å²) < 4.78 is 30.0. The summed E-state index contributed by atoms with van der Waals surface area (Å²) >= 11 is 5.50. The van der Waals surface area contributed by atoms with Gasteiger partial charge in [-0.1, -0.05) is 30.3 Å². The Balaban J connectivity index is 1.96. The molecule has 1 aromatic carbocycles. The number of ether oxygens (including phenoxy) is 1. The zero-order chi connectivity index (χ0) is 15.2. The highest BCUT2D eigenvalue weighted by Gasteiger charge is 2.14. The SMILES string of the molecule is O=C(Nc1cc(C(F)F)nc(Cl)n1)OCc1ccccc1. The van der Waals surface area contributed by atoms with Gasteiger partial charge in [0, 0.05) is 6.07 Å². The van der Waals surface area contributed by atoms with Crippen molar-refractivity contribution in [2.45, 2.75) is 13.0 Å². The minimum atomic E-state index is -2.81. The number of nitrogens with one attached hydrogen (secondary N) is 1. The van der Waals surface area contributed by atoms with Gasteiger partial charge in [0.25, 0.3) is 6.43 Å². The van der Waals surface area contributed by atoms with Crippen LogP contribution in [0.2, 0.25) is 5.28 Å². The molecule has 0 saturated heterocycles. The Morgan fingerprint density at radius 2 is 2.00 bits per heavy atom. The smallest absolute Gasteiger partial charge is 0.413 e. The number of aromatic nitrogens is 2. The van der Waals surface area contributed by atoms with Crippen LogP contribution >= 0.6 is 11.6 Å². The topological polar surface area (TPSA) is 64.1 Å². The Labute approximate surface area is 123 Å². The van der Waals surface area contributed by atoms with E-state index in [1.807, 2.05) is 6.07 Å². The maximum absolute atomic E-state index is 12.5. The number of carbonyl (C=O) groups excluding carboxylic acids is 1. The fraction of sp³-hybridized carbons (Fsp3) is 0.154. The van der Waals surface area contributed by atoms with Gasteiger partial charge in [-0.25, -0.2) is 23.5 Å². The van der Waals surface area contributed by atoms with Crippen LogP contribution < -0.4 is 5.32 Å². The van der Waals surface area contributed by atoms with Crippen LogP contribution in [0, 0.1) is 0 Å². The van der Waals surface area contributed by atoms with E-state index < -0.39 is 18.2 Å². The monoisotopic (exact) mass is 313 g/mol. The number of carbonyl (C=O) groups is 1. The molecule has 0 fully saturated rings. The molecular weight excluding hydrogens is 304 g/mol. The van der Waals surface area contributed by atoms with Crippen molar-refractivity contribution in [1.29, 1.82) is 0 Å². The Kier molecular flexibility index (Phi) is 4.99. The molecule has 0 aliphatic carbocycles. The fourth-order valence-electron chi connectivity index (χ4n) is 1.48. The van der Waals surface area contributed by atoms with Gasteiger partial charge in [-0.2, -0.15) is 0 Å². The average molecular weight is 314 g/mol. The second kappa shape index (κ2) is 6.94. The zero-order valence-corrected chi connectivity index (χ0v) is 11.3. The third-order valence-electron chi connectivity index (χ3n) is 2.39. The first-order valence-electron chi connectivity index (χ1n) is 5.85. The highest BCUT2D eigenvalue weighted by molar-refractivity contribution is 6.28. The lowest BCUT2D eigenvalue weighted by Crippen LogP contribution is -2.15. The predicted molar refractivity (Wildman–Crippen MR) is 72.2 cm³/mol. The van der Waals surface area contributed by atoms with E-state index in [1.165, 1.54) is 0 Å². The molecule has 21 heavy (non-hydrogen) atoms. The Bertz CT molecular complexity index is 626. The standard InChI is InChI=1S/C13H10ClF2N3O2/c14-12-17-9(11(15)16)6-10(18-12)19-13(20)21-7-8-4-2-1-3-5-8/h1-6,11H,7H2,(H,17,18,19,20). The first-order chi connectivity index (χ1) is 10.0. The molecule has 0 atom stereocenters. The van der Waals surface area contributed by atoms with Crippen molar-refractivity contribution in [3.63, 3.8) is 0 Å². The largest absolute Gasteiger partial charge is 0.444 e. The maximum Gasteiger partial charge on any atom is 0.413 e. The van der Waals surface area contributed by atoms with E-state index in [1.54, 1.807) is 24.3 Å². The normalized spacial score (nSPS) is 10.5. The van der Waals surface area contributed by atoms with Gasteiger partial charge in [0.1, 0.15) is 18.1 Å². The first kappa shape index (κ1) is 15.1. The molecule has 8 heteroatoms. The number of hydrogen-bond acceptors (Lipinski definition) is 4. The number of benzene rings is 1. The maximum atomic E-state index is 12.5. The number of alkyl halides is 2. The molecular formula is C13H10ClF2N3O2. The van der Waals surface area contributed by atoms with Gasteiger partial charge in [0.05, 0.1) is 0 Å². The van der Waals surface area contributed by atoms with Gasteiger partial charge in [-0.15, -0.1) is 0 Å². The third-order valence-corrected chi connectivity index (χ3v) is 2.55. The molecule has 1 aromatic heterocycles. The van der Waals surface area contributed by atoms with Crippen LogP contribution in [0.1, 0.15) is 17.7 Å². The second-order valence-electron chi connectivity index (χ2n) is 3.93. The van der Waals surface area contributed by atoms with Crippen molar-refractivity contribution in [3.05, 3.63) is 52.9 Å². The van der Waals surface area contributed by atoms with Gasteiger partial charge < -0.3 is 4.74 Å². The number of amides is 1. The zero-order valence-electron chi connectivity index (χ0n) is 10.6. The molecule has 0 spiro atoms. The van der Waals surface area contributed by atoms with E-state index in [2.05, 4.69) is 15.3 Å². The molecule has 5 nitrogen and oxygen atoms in total. The second-order valence-corrected chi connectivity index (χ2v) is 4.27. The minimum Gasteiger partial charge on any atom is -0.444 e. The third kappa shape index (κ3) is 4.64. The fourth-order valence-corrected chi connectivity index (χ4v) is 1.66. The highest BCUT2D eigenvalue weighted by atomic mass is 35.5. The lowest BCUT2D eigenvalue weighted by molar-refractivity contribution is 0.145. The van der Waals surface area contributed by atoms with Gasteiger partial charge in [-0.05, 0) is 17.2 Å². The number of rotatable bonds is 4. The molecule has 0 bridgehead atoms. The van der Waals surface area contributed by atoms with Crippen molar-refractivity contribution in [2.24, 2.45) is 0 Å². The number of hydrogen-bond donors (Lipinski definition) is 1. The predicted octanol–water partition coefficient (Wildman–Crippen LogP) is 3.82. The lowest BCUT2D eigenvalue weighted by Gasteiger charge is -2.08. The van der Waals surface area contributed by atoms with E-state index in [-0.39, 0.29) is 17.7 Å². The summed E-state index contributed by atoms with van der Waals surface area (Å²) in [5, 5.41) is 1.84. The molecule has 110 valence electrons. The van der Waals surface area contributed by atoms with E-state index >= 15 is 0 Å². The summed E-state index contributed by atoms with van der Waals surface area (Å²) in [5.41, 5.74) is 0.218. The van der Waals surface area contributed by atoms with Gasteiger partial charge in [0.2, 0.25) is 5.28 Å². The summed E-state index contributed by atoms with van der Waals surface area (Å²) in [6.07, 6.45) is -3.64. The summed E-state index contributed by atoms with van der Waals surface area (Å²) in [5.74, 6) is -0.150.